The van der Waals surface area contributed by atoms with Gasteiger partial charge in [0.2, 0.25) is 5.91 Å². The molecule has 0 aromatic heterocycles. The Morgan fingerprint density at radius 1 is 1.47 bits per heavy atom. The van der Waals surface area contributed by atoms with Gasteiger partial charge in [0.05, 0.1) is 7.11 Å². The molecule has 3 N–H and O–H groups in total. The Hall–Kier alpha value is -1.55. The normalized spacial score (nSPS) is 11.9. The number of nitrogens with one attached hydrogen (secondary N) is 1. The van der Waals surface area contributed by atoms with E-state index in [1.165, 1.54) is 0 Å². The Balaban J connectivity index is 2.47. The number of hydrogen-bond acceptors (Lipinski definition) is 3. The second-order valence-corrected chi connectivity index (χ2v) is 4.02. The van der Waals surface area contributed by atoms with Crippen LogP contribution in [0.2, 0.25) is 0 Å². The average Bonchev–Trinajstić information content (AvgIpc) is 2.36. The number of carbonyl (C=O) groups is 1. The summed E-state index contributed by atoms with van der Waals surface area (Å²) in [5.41, 5.74) is 6.49. The molecule has 1 amide bonds. The molecule has 0 heterocycles. The summed E-state index contributed by atoms with van der Waals surface area (Å²) in [6, 6.07) is 7.76. The smallest absolute Gasteiger partial charge is 0.220 e. The van der Waals surface area contributed by atoms with Gasteiger partial charge in [0, 0.05) is 19.0 Å². The minimum Gasteiger partial charge on any atom is -0.496 e. The van der Waals surface area contributed by atoms with Crippen molar-refractivity contribution in [3.63, 3.8) is 0 Å². The van der Waals surface area contributed by atoms with Gasteiger partial charge in [-0.2, -0.15) is 0 Å². The van der Waals surface area contributed by atoms with E-state index in [1.54, 1.807) is 7.11 Å². The van der Waals surface area contributed by atoms with E-state index in [0.717, 1.165) is 11.3 Å². The largest absolute Gasteiger partial charge is 0.496 e. The lowest BCUT2D eigenvalue weighted by Crippen LogP contribution is -2.37. The fourth-order valence-electron chi connectivity index (χ4n) is 1.56. The summed E-state index contributed by atoms with van der Waals surface area (Å²) in [5, 5.41) is 2.83. The zero-order chi connectivity index (χ0) is 12.7. The maximum Gasteiger partial charge on any atom is 0.220 e. The number of aryl methyl sites for hydroxylation is 1. The molecule has 0 spiro atoms. The molecule has 17 heavy (non-hydrogen) atoms. The molecule has 4 nitrogen and oxygen atoms in total. The van der Waals surface area contributed by atoms with E-state index in [2.05, 4.69) is 5.32 Å². The van der Waals surface area contributed by atoms with Crippen LogP contribution in [0.4, 0.5) is 0 Å². The summed E-state index contributed by atoms with van der Waals surface area (Å²) in [4.78, 5) is 11.6. The van der Waals surface area contributed by atoms with Crippen LogP contribution >= 0.6 is 0 Å². The fraction of sp³-hybridized carbons (Fsp3) is 0.462. The Kier molecular flexibility index (Phi) is 5.49. The van der Waals surface area contributed by atoms with Crippen LogP contribution in [-0.2, 0) is 11.2 Å². The Labute approximate surface area is 102 Å². The van der Waals surface area contributed by atoms with Gasteiger partial charge in [-0.05, 0) is 25.0 Å². The third kappa shape index (κ3) is 4.44. The molecule has 0 aliphatic carbocycles. The number of amides is 1. The minimum atomic E-state index is 0.0221. The molecule has 0 saturated heterocycles. The molecular weight excluding hydrogens is 216 g/mol. The Morgan fingerprint density at radius 3 is 2.82 bits per heavy atom. The van der Waals surface area contributed by atoms with Gasteiger partial charge in [0.1, 0.15) is 5.75 Å². The quantitative estimate of drug-likeness (QED) is 0.777. The first kappa shape index (κ1) is 13.5. The van der Waals surface area contributed by atoms with Crippen molar-refractivity contribution < 1.29 is 9.53 Å². The van der Waals surface area contributed by atoms with E-state index in [0.29, 0.717) is 19.4 Å². The highest BCUT2D eigenvalue weighted by atomic mass is 16.5. The second kappa shape index (κ2) is 6.91. The van der Waals surface area contributed by atoms with Crippen LogP contribution in [0.1, 0.15) is 18.9 Å². The summed E-state index contributed by atoms with van der Waals surface area (Å²) in [6.07, 6.45) is 1.12. The molecule has 0 aliphatic heterocycles. The first-order valence-corrected chi connectivity index (χ1v) is 5.78. The predicted molar refractivity (Wildman–Crippen MR) is 68.0 cm³/mol. The van der Waals surface area contributed by atoms with Crippen molar-refractivity contribution in [2.24, 2.45) is 5.73 Å². The first-order valence-electron chi connectivity index (χ1n) is 5.78. The second-order valence-electron chi connectivity index (χ2n) is 4.02. The third-order valence-electron chi connectivity index (χ3n) is 2.57. The molecule has 1 rings (SSSR count). The van der Waals surface area contributed by atoms with Crippen LogP contribution in [0.3, 0.4) is 0 Å². The number of methoxy groups -OCH3 is 1. The van der Waals surface area contributed by atoms with Gasteiger partial charge in [-0.15, -0.1) is 0 Å². The van der Waals surface area contributed by atoms with Crippen molar-refractivity contribution in [3.8, 4) is 5.75 Å². The standard InChI is InChI=1S/C13H20N2O2/c1-10(9-14)15-13(16)8-7-11-5-3-4-6-12(11)17-2/h3-6,10H,7-9,14H2,1-2H3,(H,15,16). The highest BCUT2D eigenvalue weighted by molar-refractivity contribution is 5.76. The summed E-state index contributed by atoms with van der Waals surface area (Å²) >= 11 is 0. The lowest BCUT2D eigenvalue weighted by Gasteiger charge is -2.12. The van der Waals surface area contributed by atoms with Gasteiger partial charge in [-0.25, -0.2) is 0 Å². The number of benzene rings is 1. The average molecular weight is 236 g/mol. The van der Waals surface area contributed by atoms with Crippen LogP contribution in [0.15, 0.2) is 24.3 Å². The Bertz CT molecular complexity index is 366. The summed E-state index contributed by atoms with van der Waals surface area (Å²) in [6.45, 7) is 2.35. The molecule has 1 unspecified atom stereocenters. The minimum absolute atomic E-state index is 0.0221. The summed E-state index contributed by atoms with van der Waals surface area (Å²) in [7, 11) is 1.63. The van der Waals surface area contributed by atoms with Crippen molar-refractivity contribution in [1.29, 1.82) is 0 Å². The zero-order valence-electron chi connectivity index (χ0n) is 10.4. The molecule has 0 saturated carbocycles. The molecule has 1 atom stereocenters. The van der Waals surface area contributed by atoms with Crippen molar-refractivity contribution in [3.05, 3.63) is 29.8 Å². The number of nitrogens with two attached hydrogens (primary N) is 1. The number of hydrogen-bond donors (Lipinski definition) is 2. The molecule has 1 aromatic carbocycles. The van der Waals surface area contributed by atoms with Gasteiger partial charge < -0.3 is 15.8 Å². The van der Waals surface area contributed by atoms with E-state index < -0.39 is 0 Å². The number of ether oxygens (including phenoxy) is 1. The van der Waals surface area contributed by atoms with E-state index in [-0.39, 0.29) is 11.9 Å². The summed E-state index contributed by atoms with van der Waals surface area (Å²) < 4.78 is 5.23. The third-order valence-corrected chi connectivity index (χ3v) is 2.57. The zero-order valence-corrected chi connectivity index (χ0v) is 10.4. The number of carbonyl (C=O) groups excluding carboxylic acids is 1. The molecule has 0 fully saturated rings. The first-order chi connectivity index (χ1) is 8.17. The monoisotopic (exact) mass is 236 g/mol. The molecule has 0 radical (unpaired) electrons. The fourth-order valence-corrected chi connectivity index (χ4v) is 1.56. The number of para-hydroxylation sites is 1. The molecular formula is C13H20N2O2. The Morgan fingerprint density at radius 2 is 2.18 bits per heavy atom. The van der Waals surface area contributed by atoms with Crippen LogP contribution in [0.25, 0.3) is 0 Å². The van der Waals surface area contributed by atoms with Gasteiger partial charge in [0.15, 0.2) is 0 Å². The van der Waals surface area contributed by atoms with Gasteiger partial charge in [-0.1, -0.05) is 18.2 Å². The molecule has 1 aromatic rings. The van der Waals surface area contributed by atoms with Crippen molar-refractivity contribution >= 4 is 5.91 Å². The maximum absolute atomic E-state index is 11.6. The lowest BCUT2D eigenvalue weighted by molar-refractivity contribution is -0.121. The highest BCUT2D eigenvalue weighted by Gasteiger charge is 2.08. The van der Waals surface area contributed by atoms with E-state index >= 15 is 0 Å². The molecule has 94 valence electrons. The van der Waals surface area contributed by atoms with Crippen LogP contribution in [0, 0.1) is 0 Å². The van der Waals surface area contributed by atoms with Gasteiger partial charge in [0.25, 0.3) is 0 Å². The van der Waals surface area contributed by atoms with Crippen LogP contribution in [-0.4, -0.2) is 25.6 Å². The SMILES string of the molecule is COc1ccccc1CCC(=O)NC(C)CN. The highest BCUT2D eigenvalue weighted by Crippen LogP contribution is 2.18. The van der Waals surface area contributed by atoms with Crippen molar-refractivity contribution in [2.45, 2.75) is 25.8 Å². The maximum atomic E-state index is 11.6. The van der Waals surface area contributed by atoms with Crippen molar-refractivity contribution in [2.75, 3.05) is 13.7 Å². The van der Waals surface area contributed by atoms with Gasteiger partial charge >= 0.3 is 0 Å². The topological polar surface area (TPSA) is 64.3 Å². The van der Waals surface area contributed by atoms with Gasteiger partial charge in [-0.3, -0.25) is 4.79 Å². The van der Waals surface area contributed by atoms with Crippen LogP contribution < -0.4 is 15.8 Å². The molecule has 4 heteroatoms. The number of rotatable bonds is 6. The van der Waals surface area contributed by atoms with E-state index in [1.807, 2.05) is 31.2 Å². The van der Waals surface area contributed by atoms with E-state index in [9.17, 15) is 4.79 Å². The van der Waals surface area contributed by atoms with Crippen molar-refractivity contribution in [1.82, 2.24) is 5.32 Å². The van der Waals surface area contributed by atoms with E-state index in [4.69, 9.17) is 10.5 Å². The lowest BCUT2D eigenvalue weighted by atomic mass is 10.1. The van der Waals surface area contributed by atoms with Crippen LogP contribution in [0.5, 0.6) is 5.75 Å². The summed E-state index contributed by atoms with van der Waals surface area (Å²) in [5.74, 6) is 0.848. The predicted octanol–water partition coefficient (Wildman–Crippen LogP) is 1.09. The molecule has 0 aliphatic rings. The molecule has 0 bridgehead atoms.